The molecule has 0 spiro atoms. The fourth-order valence-corrected chi connectivity index (χ4v) is 7.02. The monoisotopic (exact) mass is 619 g/mol. The molecule has 8 nitrogen and oxygen atoms in total. The van der Waals surface area contributed by atoms with E-state index in [2.05, 4.69) is 48.4 Å². The smallest absolute Gasteiger partial charge is 0.324 e. The number of nitrogens with one attached hydrogen (secondary N) is 2. The summed E-state index contributed by atoms with van der Waals surface area (Å²) >= 11 is 0. The van der Waals surface area contributed by atoms with Gasteiger partial charge in [0, 0.05) is 34.8 Å². The number of piperidine rings is 1. The fourth-order valence-electron chi connectivity index (χ4n) is 7.02. The van der Waals surface area contributed by atoms with Crippen LogP contribution in [0.4, 0.5) is 16.3 Å². The zero-order valence-corrected chi connectivity index (χ0v) is 27.5. The van der Waals surface area contributed by atoms with E-state index in [9.17, 15) is 9.59 Å². The number of hydrogen-bond acceptors (Lipinski definition) is 4. The molecule has 2 aliphatic rings. The molecule has 2 aliphatic heterocycles. The summed E-state index contributed by atoms with van der Waals surface area (Å²) in [6.07, 6.45) is 5.58. The molecule has 3 heterocycles. The van der Waals surface area contributed by atoms with Crippen LogP contribution in [0.3, 0.4) is 0 Å². The van der Waals surface area contributed by atoms with Crippen molar-refractivity contribution in [2.45, 2.75) is 83.7 Å². The number of nitrogens with zero attached hydrogens (tertiary/aromatic N) is 3. The summed E-state index contributed by atoms with van der Waals surface area (Å²) in [4.78, 5) is 28.6. The highest BCUT2D eigenvalue weighted by molar-refractivity contribution is 5.99. The van der Waals surface area contributed by atoms with Gasteiger partial charge in [-0.1, -0.05) is 68.8 Å². The summed E-state index contributed by atoms with van der Waals surface area (Å²) in [5.74, 6) is 2.14. The van der Waals surface area contributed by atoms with Crippen LogP contribution in [-0.2, 0) is 23.1 Å². The molecular formula is C38H45N5O3. The number of anilines is 2. The summed E-state index contributed by atoms with van der Waals surface area (Å²) in [6.45, 7) is 8.37. The van der Waals surface area contributed by atoms with E-state index in [1.165, 1.54) is 5.56 Å². The number of aromatic nitrogens is 2. The van der Waals surface area contributed by atoms with Gasteiger partial charge in [-0.15, -0.1) is 0 Å². The van der Waals surface area contributed by atoms with E-state index in [0.717, 1.165) is 66.0 Å². The molecule has 2 unspecified atom stereocenters. The Morgan fingerprint density at radius 2 is 1.59 bits per heavy atom. The van der Waals surface area contributed by atoms with Crippen molar-refractivity contribution in [3.63, 3.8) is 0 Å². The predicted octanol–water partition coefficient (Wildman–Crippen LogP) is 7.69. The maximum Gasteiger partial charge on any atom is 0.324 e. The molecule has 3 amide bonds. The second-order valence-electron chi connectivity index (χ2n) is 13.9. The van der Waals surface area contributed by atoms with Crippen LogP contribution in [0.1, 0.15) is 68.8 Å². The van der Waals surface area contributed by atoms with Gasteiger partial charge in [-0.2, -0.15) is 5.10 Å². The normalized spacial score (nSPS) is 19.2. The molecule has 8 heteroatoms. The average Bonchev–Trinajstić information content (AvgIpc) is 3.57. The Labute approximate surface area is 272 Å². The molecule has 2 saturated heterocycles. The molecule has 2 bridgehead atoms. The molecule has 46 heavy (non-hydrogen) atoms. The van der Waals surface area contributed by atoms with Gasteiger partial charge >= 0.3 is 6.03 Å². The second-order valence-corrected chi connectivity index (χ2v) is 13.9. The van der Waals surface area contributed by atoms with Crippen LogP contribution >= 0.6 is 0 Å². The maximum absolute atomic E-state index is 13.4. The van der Waals surface area contributed by atoms with Gasteiger partial charge in [0.1, 0.15) is 11.6 Å². The van der Waals surface area contributed by atoms with Crippen LogP contribution in [-0.4, -0.2) is 45.8 Å². The Morgan fingerprint density at radius 3 is 2.24 bits per heavy atom. The lowest BCUT2D eigenvalue weighted by molar-refractivity contribution is -0.135. The topological polar surface area (TPSA) is 88.5 Å². The van der Waals surface area contributed by atoms with Crippen molar-refractivity contribution >= 4 is 23.4 Å². The van der Waals surface area contributed by atoms with E-state index in [0.29, 0.717) is 30.2 Å². The van der Waals surface area contributed by atoms with E-state index >= 15 is 0 Å². The third kappa shape index (κ3) is 6.96. The second kappa shape index (κ2) is 13.0. The largest absolute Gasteiger partial charge is 0.496 e. The summed E-state index contributed by atoms with van der Waals surface area (Å²) in [5.41, 5.74) is 5.71. The lowest BCUT2D eigenvalue weighted by atomic mass is 9.85. The summed E-state index contributed by atoms with van der Waals surface area (Å²) in [5, 5.41) is 10.8. The van der Waals surface area contributed by atoms with Gasteiger partial charge in [-0.3, -0.25) is 10.1 Å². The van der Waals surface area contributed by atoms with E-state index in [1.807, 2.05) is 73.7 Å². The van der Waals surface area contributed by atoms with Gasteiger partial charge in [-0.25, -0.2) is 9.48 Å². The molecule has 3 aromatic carbocycles. The number of methoxy groups -OCH3 is 1. The number of carbonyl (C=O) groups excluding carboxylic acids is 2. The zero-order valence-electron chi connectivity index (χ0n) is 27.5. The van der Waals surface area contributed by atoms with E-state index in [-0.39, 0.29) is 17.4 Å². The number of carbonyl (C=O) groups is 2. The van der Waals surface area contributed by atoms with Crippen LogP contribution in [0.2, 0.25) is 0 Å². The molecule has 0 saturated carbocycles. The van der Waals surface area contributed by atoms with Crippen molar-refractivity contribution in [1.29, 1.82) is 0 Å². The third-order valence-electron chi connectivity index (χ3n) is 9.39. The number of fused-ring (bicyclic) bond motifs is 2. The van der Waals surface area contributed by atoms with Crippen molar-refractivity contribution in [3.05, 3.63) is 101 Å². The number of rotatable bonds is 8. The van der Waals surface area contributed by atoms with Crippen molar-refractivity contribution < 1.29 is 14.3 Å². The number of urea groups is 1. The number of ether oxygens (including phenoxy) is 1. The fraction of sp³-hybridized carbons (Fsp3) is 0.395. The highest BCUT2D eigenvalue weighted by Gasteiger charge is 2.43. The SMILES string of the molecule is COc1ccccc1CC(=O)N1C2CCC1CC(Cc1ccc(NC(=O)Nc3cc(C(C)(C)C)nn3-c3ccc(C)cc3)cc1)C2. The Hall–Kier alpha value is -4.59. The van der Waals surface area contributed by atoms with Crippen LogP contribution in [0.15, 0.2) is 78.9 Å². The molecule has 4 aromatic rings. The van der Waals surface area contributed by atoms with Gasteiger partial charge in [-0.05, 0) is 80.8 Å². The lowest BCUT2D eigenvalue weighted by Crippen LogP contribution is -2.47. The van der Waals surface area contributed by atoms with Crippen molar-refractivity contribution in [2.24, 2.45) is 5.92 Å². The first-order valence-electron chi connectivity index (χ1n) is 16.3. The van der Waals surface area contributed by atoms with Crippen molar-refractivity contribution in [1.82, 2.24) is 14.7 Å². The Balaban J connectivity index is 1.05. The van der Waals surface area contributed by atoms with Crippen LogP contribution in [0, 0.1) is 12.8 Å². The predicted molar refractivity (Wildman–Crippen MR) is 183 cm³/mol. The minimum atomic E-state index is -0.316. The molecule has 0 radical (unpaired) electrons. The molecular weight excluding hydrogens is 574 g/mol. The van der Waals surface area contributed by atoms with Gasteiger partial charge in [0.25, 0.3) is 0 Å². The van der Waals surface area contributed by atoms with Crippen LogP contribution < -0.4 is 15.4 Å². The number of hydrogen-bond donors (Lipinski definition) is 2. The van der Waals surface area contributed by atoms with Crippen LogP contribution in [0.25, 0.3) is 5.69 Å². The Kier molecular flexibility index (Phi) is 8.89. The van der Waals surface area contributed by atoms with Crippen molar-refractivity contribution in [2.75, 3.05) is 17.7 Å². The summed E-state index contributed by atoms with van der Waals surface area (Å²) in [6, 6.07) is 26.3. The van der Waals surface area contributed by atoms with E-state index in [4.69, 9.17) is 9.84 Å². The standard InChI is InChI=1S/C38H45N5O3/c1-25-10-16-30(17-11-25)43-35(24-34(41-43)38(2,3)4)40-37(45)39-29-14-12-26(13-15-29)20-27-21-31-18-19-32(22-27)42(31)36(44)23-28-8-6-7-9-33(28)46-5/h6-17,24,27,31-32H,18-23H2,1-5H3,(H2,39,40,45). The lowest BCUT2D eigenvalue weighted by Gasteiger charge is -2.39. The highest BCUT2D eigenvalue weighted by Crippen LogP contribution is 2.40. The van der Waals surface area contributed by atoms with Gasteiger partial charge in [0.2, 0.25) is 5.91 Å². The summed E-state index contributed by atoms with van der Waals surface area (Å²) < 4.78 is 7.26. The average molecular weight is 620 g/mol. The number of benzene rings is 3. The third-order valence-corrected chi connectivity index (χ3v) is 9.39. The highest BCUT2D eigenvalue weighted by atomic mass is 16.5. The molecule has 1 aromatic heterocycles. The van der Waals surface area contributed by atoms with Crippen molar-refractivity contribution in [3.8, 4) is 11.4 Å². The first kappa shape index (κ1) is 31.4. The molecule has 6 rings (SSSR count). The van der Waals surface area contributed by atoms with Gasteiger partial charge in [0.05, 0.1) is 24.9 Å². The van der Waals surface area contributed by atoms with E-state index < -0.39 is 0 Å². The maximum atomic E-state index is 13.4. The number of aryl methyl sites for hydroxylation is 1. The van der Waals surface area contributed by atoms with Gasteiger partial charge < -0.3 is 15.0 Å². The number of para-hydroxylation sites is 1. The quantitative estimate of drug-likeness (QED) is 0.212. The van der Waals surface area contributed by atoms with E-state index in [1.54, 1.807) is 11.8 Å². The first-order valence-corrected chi connectivity index (χ1v) is 16.3. The molecule has 2 atom stereocenters. The van der Waals surface area contributed by atoms with Gasteiger partial charge in [0.15, 0.2) is 0 Å². The Bertz CT molecular complexity index is 1670. The molecule has 2 N–H and O–H groups in total. The molecule has 240 valence electrons. The molecule has 0 aliphatic carbocycles. The Morgan fingerprint density at radius 1 is 0.913 bits per heavy atom. The number of amides is 3. The molecule has 2 fully saturated rings. The minimum absolute atomic E-state index is 0.166. The minimum Gasteiger partial charge on any atom is -0.496 e. The van der Waals surface area contributed by atoms with Crippen LogP contribution in [0.5, 0.6) is 5.75 Å². The zero-order chi connectivity index (χ0) is 32.4. The summed E-state index contributed by atoms with van der Waals surface area (Å²) in [7, 11) is 1.65. The first-order chi connectivity index (χ1) is 22.1.